The monoisotopic (exact) mass is 295 g/mol. The van der Waals surface area contributed by atoms with Gasteiger partial charge >= 0.3 is 0 Å². The predicted octanol–water partition coefficient (Wildman–Crippen LogP) is 3.60. The van der Waals surface area contributed by atoms with Gasteiger partial charge in [-0.15, -0.1) is 0 Å². The Labute approximate surface area is 131 Å². The molecular formula is C19H21NO2. The standard InChI is InChI=1S/C19H21NO2/c1-22-18-11-13-20(14-12-18)19(21)17-9-7-16(8-10-17)15-5-3-2-4-6-15/h2-10,18H,11-14H2,1H3. The van der Waals surface area contributed by atoms with Crippen molar-refractivity contribution in [1.29, 1.82) is 0 Å². The van der Waals surface area contributed by atoms with E-state index in [0.29, 0.717) is 6.10 Å². The molecule has 1 aliphatic rings. The Morgan fingerprint density at radius 3 is 2.14 bits per heavy atom. The molecule has 0 saturated carbocycles. The van der Waals surface area contributed by atoms with Crippen molar-refractivity contribution < 1.29 is 9.53 Å². The zero-order valence-electron chi connectivity index (χ0n) is 12.9. The van der Waals surface area contributed by atoms with Crippen molar-refractivity contribution in [3.05, 3.63) is 60.2 Å². The van der Waals surface area contributed by atoms with Gasteiger partial charge in [0.05, 0.1) is 6.10 Å². The number of rotatable bonds is 3. The minimum atomic E-state index is 0.120. The van der Waals surface area contributed by atoms with Crippen LogP contribution in [0.5, 0.6) is 0 Å². The summed E-state index contributed by atoms with van der Waals surface area (Å²) in [6.07, 6.45) is 2.14. The SMILES string of the molecule is COC1CCN(C(=O)c2ccc(-c3ccccc3)cc2)CC1. The number of amides is 1. The van der Waals surface area contributed by atoms with Crippen LogP contribution in [-0.4, -0.2) is 37.1 Å². The molecule has 0 radical (unpaired) electrons. The summed E-state index contributed by atoms with van der Waals surface area (Å²) in [6.45, 7) is 1.55. The van der Waals surface area contributed by atoms with Gasteiger partial charge in [-0.2, -0.15) is 0 Å². The Kier molecular flexibility index (Phi) is 4.54. The topological polar surface area (TPSA) is 29.5 Å². The van der Waals surface area contributed by atoms with E-state index in [2.05, 4.69) is 12.1 Å². The van der Waals surface area contributed by atoms with Gasteiger partial charge in [0.15, 0.2) is 0 Å². The molecule has 0 aromatic heterocycles. The molecule has 3 rings (SSSR count). The van der Waals surface area contributed by atoms with Crippen LogP contribution in [-0.2, 0) is 4.74 Å². The summed E-state index contributed by atoms with van der Waals surface area (Å²) in [6, 6.07) is 18.1. The molecule has 1 amide bonds. The van der Waals surface area contributed by atoms with Crippen molar-refractivity contribution in [2.75, 3.05) is 20.2 Å². The normalized spacial score (nSPS) is 15.8. The summed E-state index contributed by atoms with van der Waals surface area (Å²) in [5.41, 5.74) is 3.06. The molecule has 114 valence electrons. The third-order valence-electron chi connectivity index (χ3n) is 4.30. The average molecular weight is 295 g/mol. The first-order chi connectivity index (χ1) is 10.8. The number of ether oxygens (including phenoxy) is 1. The predicted molar refractivity (Wildman–Crippen MR) is 87.8 cm³/mol. The van der Waals surface area contributed by atoms with Crippen LogP contribution in [0.1, 0.15) is 23.2 Å². The van der Waals surface area contributed by atoms with Gasteiger partial charge in [-0.3, -0.25) is 4.79 Å². The van der Waals surface area contributed by atoms with E-state index in [1.54, 1.807) is 7.11 Å². The molecule has 3 heteroatoms. The molecule has 0 N–H and O–H groups in total. The van der Waals surface area contributed by atoms with Crippen LogP contribution in [0.25, 0.3) is 11.1 Å². The van der Waals surface area contributed by atoms with E-state index in [1.807, 2.05) is 47.4 Å². The molecule has 0 unspecified atom stereocenters. The van der Waals surface area contributed by atoms with E-state index in [9.17, 15) is 4.79 Å². The Morgan fingerprint density at radius 2 is 1.55 bits per heavy atom. The number of hydrogen-bond donors (Lipinski definition) is 0. The van der Waals surface area contributed by atoms with Gasteiger partial charge in [-0.05, 0) is 36.1 Å². The van der Waals surface area contributed by atoms with Crippen LogP contribution in [0.15, 0.2) is 54.6 Å². The van der Waals surface area contributed by atoms with Crippen LogP contribution < -0.4 is 0 Å². The average Bonchev–Trinajstić information content (AvgIpc) is 2.62. The fourth-order valence-corrected chi connectivity index (χ4v) is 2.91. The largest absolute Gasteiger partial charge is 0.381 e. The highest BCUT2D eigenvalue weighted by Gasteiger charge is 2.23. The summed E-state index contributed by atoms with van der Waals surface area (Å²) in [4.78, 5) is 14.5. The summed E-state index contributed by atoms with van der Waals surface area (Å²) in [5.74, 6) is 0.120. The van der Waals surface area contributed by atoms with Crippen molar-refractivity contribution in [2.45, 2.75) is 18.9 Å². The van der Waals surface area contributed by atoms with E-state index in [-0.39, 0.29) is 5.91 Å². The van der Waals surface area contributed by atoms with E-state index < -0.39 is 0 Å². The van der Waals surface area contributed by atoms with E-state index in [1.165, 1.54) is 5.56 Å². The first kappa shape index (κ1) is 14.8. The van der Waals surface area contributed by atoms with Crippen molar-refractivity contribution >= 4 is 5.91 Å². The third-order valence-corrected chi connectivity index (χ3v) is 4.30. The van der Waals surface area contributed by atoms with Crippen molar-refractivity contribution in [3.63, 3.8) is 0 Å². The molecule has 1 fully saturated rings. The zero-order valence-corrected chi connectivity index (χ0v) is 12.9. The van der Waals surface area contributed by atoms with Crippen LogP contribution in [0.3, 0.4) is 0 Å². The summed E-state index contributed by atoms with van der Waals surface area (Å²) in [5, 5.41) is 0. The van der Waals surface area contributed by atoms with E-state index in [0.717, 1.165) is 37.1 Å². The summed E-state index contributed by atoms with van der Waals surface area (Å²) in [7, 11) is 1.74. The molecule has 0 bridgehead atoms. The number of nitrogens with zero attached hydrogens (tertiary/aromatic N) is 1. The molecule has 0 spiro atoms. The van der Waals surface area contributed by atoms with Crippen molar-refractivity contribution in [2.24, 2.45) is 0 Å². The minimum absolute atomic E-state index is 0.120. The lowest BCUT2D eigenvalue weighted by atomic mass is 10.0. The number of carbonyl (C=O) groups excluding carboxylic acids is 1. The number of carbonyl (C=O) groups is 1. The molecule has 0 aliphatic carbocycles. The minimum Gasteiger partial charge on any atom is -0.381 e. The quantitative estimate of drug-likeness (QED) is 0.866. The maximum absolute atomic E-state index is 12.5. The highest BCUT2D eigenvalue weighted by Crippen LogP contribution is 2.21. The zero-order chi connectivity index (χ0) is 15.4. The molecule has 3 nitrogen and oxygen atoms in total. The van der Waals surface area contributed by atoms with Crippen LogP contribution in [0.4, 0.5) is 0 Å². The number of piperidine rings is 1. The van der Waals surface area contributed by atoms with Crippen molar-refractivity contribution in [1.82, 2.24) is 4.90 Å². The third kappa shape index (κ3) is 3.20. The molecule has 0 atom stereocenters. The van der Waals surface area contributed by atoms with Gasteiger partial charge in [0.25, 0.3) is 5.91 Å². The second-order valence-corrected chi connectivity index (χ2v) is 5.67. The number of methoxy groups -OCH3 is 1. The maximum Gasteiger partial charge on any atom is 0.253 e. The Hall–Kier alpha value is -2.13. The first-order valence-corrected chi connectivity index (χ1v) is 7.75. The molecular weight excluding hydrogens is 274 g/mol. The highest BCUT2D eigenvalue weighted by molar-refractivity contribution is 5.94. The fourth-order valence-electron chi connectivity index (χ4n) is 2.91. The summed E-state index contributed by atoms with van der Waals surface area (Å²) < 4.78 is 5.35. The van der Waals surface area contributed by atoms with Crippen LogP contribution in [0, 0.1) is 0 Å². The second kappa shape index (κ2) is 6.75. The van der Waals surface area contributed by atoms with E-state index >= 15 is 0 Å². The molecule has 2 aromatic rings. The first-order valence-electron chi connectivity index (χ1n) is 7.75. The lowest BCUT2D eigenvalue weighted by molar-refractivity contribution is 0.0351. The summed E-state index contributed by atoms with van der Waals surface area (Å²) >= 11 is 0. The number of likely N-dealkylation sites (tertiary alicyclic amines) is 1. The van der Waals surface area contributed by atoms with Gasteiger partial charge in [0.2, 0.25) is 0 Å². The Morgan fingerprint density at radius 1 is 0.955 bits per heavy atom. The fraction of sp³-hybridized carbons (Fsp3) is 0.316. The molecule has 2 aromatic carbocycles. The Balaban J connectivity index is 1.69. The van der Waals surface area contributed by atoms with Gasteiger partial charge in [-0.1, -0.05) is 42.5 Å². The molecule has 1 heterocycles. The Bertz CT molecular complexity index is 614. The molecule has 1 saturated heterocycles. The number of hydrogen-bond acceptors (Lipinski definition) is 2. The van der Waals surface area contributed by atoms with Crippen molar-refractivity contribution in [3.8, 4) is 11.1 Å². The number of benzene rings is 2. The second-order valence-electron chi connectivity index (χ2n) is 5.67. The maximum atomic E-state index is 12.5. The van der Waals surface area contributed by atoms with Crippen LogP contribution >= 0.6 is 0 Å². The van der Waals surface area contributed by atoms with E-state index in [4.69, 9.17) is 4.74 Å². The van der Waals surface area contributed by atoms with Crippen LogP contribution in [0.2, 0.25) is 0 Å². The lowest BCUT2D eigenvalue weighted by Crippen LogP contribution is -2.40. The van der Waals surface area contributed by atoms with Gasteiger partial charge in [-0.25, -0.2) is 0 Å². The smallest absolute Gasteiger partial charge is 0.253 e. The molecule has 22 heavy (non-hydrogen) atoms. The van der Waals surface area contributed by atoms with Gasteiger partial charge in [0, 0.05) is 25.8 Å². The highest BCUT2D eigenvalue weighted by atomic mass is 16.5. The van der Waals surface area contributed by atoms with Gasteiger partial charge < -0.3 is 9.64 Å². The molecule has 1 aliphatic heterocycles. The van der Waals surface area contributed by atoms with Gasteiger partial charge in [0.1, 0.15) is 0 Å². The lowest BCUT2D eigenvalue weighted by Gasteiger charge is -2.31.